The van der Waals surface area contributed by atoms with Gasteiger partial charge in [0, 0.05) is 0 Å². The summed E-state index contributed by atoms with van der Waals surface area (Å²) in [7, 11) is -3.70. The summed E-state index contributed by atoms with van der Waals surface area (Å²) in [5, 5.41) is 0. The predicted octanol–water partition coefficient (Wildman–Crippen LogP) is 2.28. The van der Waals surface area contributed by atoms with Gasteiger partial charge in [-0.05, 0) is 35.9 Å². The van der Waals surface area contributed by atoms with Crippen molar-refractivity contribution >= 4 is 53.5 Å². The number of anilines is 1. The molecule has 15 heteroatoms. The average Bonchev–Trinajstić information content (AvgIpc) is 3.16. The number of phosphoric ester groups is 1. The van der Waals surface area contributed by atoms with Crippen molar-refractivity contribution in [2.75, 3.05) is 36.8 Å². The maximum atomic E-state index is 12.5. The molecule has 2 aromatic heterocycles. The van der Waals surface area contributed by atoms with E-state index in [-0.39, 0.29) is 44.4 Å². The minimum Gasteiger partial charge on any atom is -0.466 e. The highest BCUT2D eigenvalue weighted by molar-refractivity contribution is 14.1. The predicted molar refractivity (Wildman–Crippen MR) is 120 cm³/mol. The largest absolute Gasteiger partial charge is 0.474 e. The zero-order valence-electron chi connectivity index (χ0n) is 17.6. The lowest BCUT2D eigenvalue weighted by Crippen LogP contribution is -2.30. The van der Waals surface area contributed by atoms with Gasteiger partial charge in [-0.1, -0.05) is 6.92 Å². The van der Waals surface area contributed by atoms with Crippen LogP contribution in [-0.2, 0) is 39.1 Å². The van der Waals surface area contributed by atoms with Gasteiger partial charge in [-0.3, -0.25) is 22.9 Å². The van der Waals surface area contributed by atoms with Gasteiger partial charge in [0.05, 0.1) is 38.7 Å². The first-order valence-corrected chi connectivity index (χ1v) is 12.8. The Balaban J connectivity index is 1.47. The summed E-state index contributed by atoms with van der Waals surface area (Å²) in [5.41, 5.74) is 6.67. The maximum absolute atomic E-state index is 12.5. The second kappa shape index (κ2) is 11.5. The number of carbonyl (C=O) groups is 1. The normalized spacial score (nSPS) is 22.0. The van der Waals surface area contributed by atoms with Crippen LogP contribution in [0, 0.1) is 5.92 Å². The monoisotopic (exact) mass is 585 g/mol. The molecular weight excluding hydrogens is 560 g/mol. The van der Waals surface area contributed by atoms with Crippen molar-refractivity contribution in [3.63, 3.8) is 0 Å². The summed E-state index contributed by atoms with van der Waals surface area (Å²) < 4.78 is 46.4. The minimum absolute atomic E-state index is 0.0116. The van der Waals surface area contributed by atoms with Gasteiger partial charge < -0.3 is 19.9 Å². The number of hydrogen-bond acceptors (Lipinski definition) is 12. The fourth-order valence-corrected chi connectivity index (χ4v) is 4.26. The smallest absolute Gasteiger partial charge is 0.466 e. The highest BCUT2D eigenvalue weighted by atomic mass is 127. The fraction of sp³-hybridized carbons (Fsp3) is 0.647. The van der Waals surface area contributed by atoms with E-state index in [2.05, 4.69) is 15.0 Å². The third-order valence-corrected chi connectivity index (χ3v) is 6.16. The number of phosphoric acid groups is 1. The van der Waals surface area contributed by atoms with Crippen molar-refractivity contribution in [2.24, 2.45) is 5.92 Å². The molecule has 1 fully saturated rings. The number of alkyl halides is 1. The molecule has 0 unspecified atom stereocenters. The Morgan fingerprint density at radius 1 is 1.41 bits per heavy atom. The third kappa shape index (κ3) is 6.48. The molecule has 1 aliphatic rings. The van der Waals surface area contributed by atoms with Gasteiger partial charge in [-0.15, -0.1) is 0 Å². The molecule has 32 heavy (non-hydrogen) atoms. The van der Waals surface area contributed by atoms with Crippen LogP contribution in [0.25, 0.3) is 11.2 Å². The first-order valence-electron chi connectivity index (χ1n) is 9.84. The van der Waals surface area contributed by atoms with E-state index in [1.165, 1.54) is 6.33 Å². The number of fused-ring (bicyclic) bond motifs is 1. The highest BCUT2D eigenvalue weighted by Gasteiger charge is 2.35. The molecule has 178 valence electrons. The summed E-state index contributed by atoms with van der Waals surface area (Å²) in [6.07, 6.45) is 1.38. The number of halogens is 1. The SMILES string of the molecule is CCOC(=O)[C@@H](C)CCOP1(=O)OCC(OCn2cnc3c(OCI)nc(N)nc32)CO1. The average molecular weight is 585 g/mol. The molecule has 2 aromatic rings. The molecule has 0 aromatic carbocycles. The third-order valence-electron chi connectivity index (χ3n) is 4.42. The molecule has 2 N–H and O–H groups in total. The standard InChI is InChI=1S/C17H25IN5O8P/c1-3-26-16(24)11(2)4-5-29-32(25)30-6-12(7-31-32)28-10-23-9-20-13-14(23)21-17(19)22-15(13)27-8-18/h9,11-12H,3-8,10H2,1-2H3,(H2,19,21,22)/t11-,12?,32?/m0/s1. The number of rotatable bonds is 11. The number of imidazole rings is 1. The van der Waals surface area contributed by atoms with Crippen LogP contribution in [0.5, 0.6) is 5.88 Å². The molecule has 0 amide bonds. The van der Waals surface area contributed by atoms with Crippen molar-refractivity contribution in [1.82, 2.24) is 19.5 Å². The Hall–Kier alpha value is -1.58. The summed E-state index contributed by atoms with van der Waals surface area (Å²) in [6.45, 7) is 3.88. The Kier molecular flexibility index (Phi) is 9.02. The van der Waals surface area contributed by atoms with E-state index in [1.807, 2.05) is 22.6 Å². The number of nitrogens with two attached hydrogens (primary N) is 1. The first kappa shape index (κ1) is 25.1. The molecule has 3 rings (SSSR count). The Bertz CT molecular complexity index is 964. The van der Waals surface area contributed by atoms with E-state index in [0.29, 0.717) is 34.7 Å². The van der Waals surface area contributed by atoms with E-state index < -0.39 is 13.9 Å². The number of nitrogens with zero attached hydrogens (tertiary/aromatic N) is 4. The molecule has 1 atom stereocenters. The van der Waals surface area contributed by atoms with Gasteiger partial charge in [0.1, 0.15) is 17.4 Å². The second-order valence-electron chi connectivity index (χ2n) is 6.76. The first-order chi connectivity index (χ1) is 15.3. The Morgan fingerprint density at radius 3 is 2.84 bits per heavy atom. The van der Waals surface area contributed by atoms with E-state index in [0.717, 1.165) is 0 Å². The lowest BCUT2D eigenvalue weighted by molar-refractivity contribution is -0.147. The molecule has 13 nitrogen and oxygen atoms in total. The van der Waals surface area contributed by atoms with Crippen LogP contribution in [0.3, 0.4) is 0 Å². The Morgan fingerprint density at radius 2 is 2.16 bits per heavy atom. The van der Waals surface area contributed by atoms with Gasteiger partial charge in [-0.2, -0.15) is 9.97 Å². The number of esters is 1. The van der Waals surface area contributed by atoms with Gasteiger partial charge in [0.25, 0.3) is 0 Å². The molecule has 0 radical (unpaired) electrons. The molecule has 1 saturated heterocycles. The van der Waals surface area contributed by atoms with Crippen molar-refractivity contribution in [3.8, 4) is 5.88 Å². The molecule has 1 aliphatic heterocycles. The van der Waals surface area contributed by atoms with Crippen LogP contribution in [0.15, 0.2) is 6.33 Å². The van der Waals surface area contributed by atoms with Crippen molar-refractivity contribution in [3.05, 3.63) is 6.33 Å². The number of hydrogen-bond donors (Lipinski definition) is 1. The molecule has 0 saturated carbocycles. The van der Waals surface area contributed by atoms with Gasteiger partial charge >= 0.3 is 13.8 Å². The number of carbonyl (C=O) groups excluding carboxylic acids is 1. The quantitative estimate of drug-likeness (QED) is 0.178. The molecular formula is C17H25IN5O8P. The van der Waals surface area contributed by atoms with Gasteiger partial charge in [0.15, 0.2) is 11.2 Å². The zero-order valence-corrected chi connectivity index (χ0v) is 20.7. The molecule has 3 heterocycles. The molecule has 0 spiro atoms. The van der Waals surface area contributed by atoms with Crippen LogP contribution >= 0.6 is 30.4 Å². The van der Waals surface area contributed by atoms with Crippen LogP contribution < -0.4 is 10.5 Å². The number of ether oxygens (including phenoxy) is 3. The maximum Gasteiger partial charge on any atom is 0.474 e. The lowest BCUT2D eigenvalue weighted by atomic mass is 10.1. The minimum atomic E-state index is -3.70. The number of aromatic nitrogens is 4. The van der Waals surface area contributed by atoms with Crippen molar-refractivity contribution < 1.29 is 37.1 Å². The van der Waals surface area contributed by atoms with Crippen molar-refractivity contribution in [1.29, 1.82) is 0 Å². The van der Waals surface area contributed by atoms with Crippen LogP contribution in [0.2, 0.25) is 0 Å². The Labute approximate surface area is 198 Å². The van der Waals surface area contributed by atoms with E-state index in [9.17, 15) is 9.36 Å². The van der Waals surface area contributed by atoms with Crippen LogP contribution in [0.1, 0.15) is 20.3 Å². The topological polar surface area (TPSA) is 159 Å². The molecule has 0 aliphatic carbocycles. The second-order valence-corrected chi connectivity index (χ2v) is 9.05. The van der Waals surface area contributed by atoms with Crippen molar-refractivity contribution in [2.45, 2.75) is 33.1 Å². The summed E-state index contributed by atoms with van der Waals surface area (Å²) in [5.74, 6) is -0.368. The van der Waals surface area contributed by atoms with Gasteiger partial charge in [0.2, 0.25) is 11.8 Å². The van der Waals surface area contributed by atoms with E-state index in [1.54, 1.807) is 18.4 Å². The van der Waals surface area contributed by atoms with Gasteiger partial charge in [-0.25, -0.2) is 9.55 Å². The fourth-order valence-electron chi connectivity index (χ4n) is 2.72. The van der Waals surface area contributed by atoms with E-state index >= 15 is 0 Å². The number of nitrogen functional groups attached to an aromatic ring is 1. The van der Waals surface area contributed by atoms with Crippen LogP contribution in [-0.4, -0.2) is 62.6 Å². The highest BCUT2D eigenvalue weighted by Crippen LogP contribution is 2.52. The summed E-state index contributed by atoms with van der Waals surface area (Å²) >= 11 is 2.04. The molecule has 0 bridgehead atoms. The lowest BCUT2D eigenvalue weighted by Gasteiger charge is -2.28. The van der Waals surface area contributed by atoms with Crippen LogP contribution in [0.4, 0.5) is 5.95 Å². The summed E-state index contributed by atoms with van der Waals surface area (Å²) in [6, 6.07) is 0. The summed E-state index contributed by atoms with van der Waals surface area (Å²) in [4.78, 5) is 24.1. The zero-order chi connectivity index (χ0) is 23.1. The van der Waals surface area contributed by atoms with E-state index in [4.69, 9.17) is 33.5 Å².